The number of carboxylic acid groups (broad SMARTS) is 1. The highest BCUT2D eigenvalue weighted by Crippen LogP contribution is 2.40. The van der Waals surface area contributed by atoms with E-state index in [1.807, 2.05) is 6.07 Å². The number of hydrogen-bond acceptors (Lipinski definition) is 4. The average Bonchev–Trinajstić information content (AvgIpc) is 3.07. The van der Waals surface area contributed by atoms with Crippen LogP contribution in [0.4, 0.5) is 0 Å². The fourth-order valence-electron chi connectivity index (χ4n) is 2.55. The van der Waals surface area contributed by atoms with Crippen LogP contribution in [-0.4, -0.2) is 34.8 Å². The number of hydrogen-bond donors (Lipinski definition) is 2. The lowest BCUT2D eigenvalue weighted by atomic mass is 10.2. The van der Waals surface area contributed by atoms with E-state index in [2.05, 4.69) is 9.82 Å². The van der Waals surface area contributed by atoms with Gasteiger partial charge in [-0.15, -0.1) is 0 Å². The molecule has 1 fully saturated rings. The van der Waals surface area contributed by atoms with Gasteiger partial charge in [0.05, 0.1) is 6.42 Å². The SMILES string of the molecule is Cn1cc(S(=O)(=O)NC2(CC(=O)O)CC2)c(-c2ccccc2)n1. The Kier molecular flexibility index (Phi) is 3.73. The Labute approximate surface area is 134 Å². The first-order chi connectivity index (χ1) is 10.8. The summed E-state index contributed by atoms with van der Waals surface area (Å²) >= 11 is 0. The summed E-state index contributed by atoms with van der Waals surface area (Å²) < 4.78 is 29.4. The number of rotatable bonds is 6. The highest BCUT2D eigenvalue weighted by atomic mass is 32.2. The number of aliphatic carboxylic acids is 1. The second-order valence-electron chi connectivity index (χ2n) is 5.84. The first-order valence-corrected chi connectivity index (χ1v) is 8.65. The van der Waals surface area contributed by atoms with Gasteiger partial charge in [-0.25, -0.2) is 13.1 Å². The number of benzene rings is 1. The van der Waals surface area contributed by atoms with E-state index in [9.17, 15) is 13.2 Å². The Morgan fingerprint density at radius 3 is 2.57 bits per heavy atom. The highest BCUT2D eigenvalue weighted by Gasteiger charge is 2.48. The molecule has 0 radical (unpaired) electrons. The van der Waals surface area contributed by atoms with Crippen molar-refractivity contribution in [2.45, 2.75) is 29.7 Å². The number of nitrogens with one attached hydrogen (secondary N) is 1. The van der Waals surface area contributed by atoms with Gasteiger partial charge in [-0.2, -0.15) is 5.10 Å². The second kappa shape index (κ2) is 5.47. The molecule has 1 aromatic heterocycles. The van der Waals surface area contributed by atoms with Gasteiger partial charge in [-0.05, 0) is 12.8 Å². The van der Waals surface area contributed by atoms with E-state index in [1.54, 1.807) is 31.3 Å². The van der Waals surface area contributed by atoms with Crippen LogP contribution in [0.5, 0.6) is 0 Å². The number of nitrogens with zero attached hydrogens (tertiary/aromatic N) is 2. The van der Waals surface area contributed by atoms with Gasteiger partial charge in [0.25, 0.3) is 0 Å². The summed E-state index contributed by atoms with van der Waals surface area (Å²) in [5.74, 6) is -1.01. The third kappa shape index (κ3) is 3.27. The number of aryl methyl sites for hydroxylation is 1. The molecule has 0 bridgehead atoms. The molecule has 0 amide bonds. The van der Waals surface area contributed by atoms with Crippen molar-refractivity contribution >= 4 is 16.0 Å². The molecule has 1 heterocycles. The molecule has 7 nitrogen and oxygen atoms in total. The summed E-state index contributed by atoms with van der Waals surface area (Å²) in [6.07, 6.45) is 2.27. The average molecular weight is 335 g/mol. The van der Waals surface area contributed by atoms with Crippen LogP contribution >= 0.6 is 0 Å². The summed E-state index contributed by atoms with van der Waals surface area (Å²) in [5, 5.41) is 13.2. The van der Waals surface area contributed by atoms with Gasteiger partial charge in [-0.1, -0.05) is 30.3 Å². The molecule has 122 valence electrons. The lowest BCUT2D eigenvalue weighted by molar-refractivity contribution is -0.137. The zero-order valence-electron chi connectivity index (χ0n) is 12.6. The standard InChI is InChI=1S/C15H17N3O4S/c1-18-10-12(14(16-18)11-5-3-2-4-6-11)23(21,22)17-15(7-8-15)9-13(19)20/h2-6,10,17H,7-9H2,1H3,(H,19,20). The van der Waals surface area contributed by atoms with Gasteiger partial charge in [-0.3, -0.25) is 9.48 Å². The van der Waals surface area contributed by atoms with Crippen molar-refractivity contribution in [1.82, 2.24) is 14.5 Å². The molecule has 2 N–H and O–H groups in total. The van der Waals surface area contributed by atoms with Gasteiger partial charge in [0.15, 0.2) is 0 Å². The van der Waals surface area contributed by atoms with E-state index in [4.69, 9.17) is 5.11 Å². The van der Waals surface area contributed by atoms with Crippen molar-refractivity contribution < 1.29 is 18.3 Å². The molecule has 0 spiro atoms. The minimum Gasteiger partial charge on any atom is -0.481 e. The molecule has 1 saturated carbocycles. The molecule has 0 unspecified atom stereocenters. The molecular formula is C15H17N3O4S. The first kappa shape index (κ1) is 15.7. The summed E-state index contributed by atoms with van der Waals surface area (Å²) in [6.45, 7) is 0. The molecular weight excluding hydrogens is 318 g/mol. The summed E-state index contributed by atoms with van der Waals surface area (Å²) in [5.41, 5.74) is 0.178. The van der Waals surface area contributed by atoms with Crippen LogP contribution in [0.3, 0.4) is 0 Å². The van der Waals surface area contributed by atoms with E-state index in [1.165, 1.54) is 10.9 Å². The Hall–Kier alpha value is -2.19. The van der Waals surface area contributed by atoms with E-state index < -0.39 is 21.5 Å². The molecule has 23 heavy (non-hydrogen) atoms. The zero-order chi connectivity index (χ0) is 16.7. The Bertz CT molecular complexity index is 839. The lowest BCUT2D eigenvalue weighted by Gasteiger charge is -2.15. The topological polar surface area (TPSA) is 101 Å². The molecule has 2 aromatic rings. The van der Waals surface area contributed by atoms with Crippen LogP contribution in [0, 0.1) is 0 Å². The molecule has 1 aliphatic rings. The number of aromatic nitrogens is 2. The minimum absolute atomic E-state index is 0.0582. The zero-order valence-corrected chi connectivity index (χ0v) is 13.4. The maximum atomic E-state index is 12.7. The smallest absolute Gasteiger partial charge is 0.305 e. The fourth-order valence-corrected chi connectivity index (χ4v) is 4.22. The Balaban J connectivity index is 1.97. The molecule has 0 atom stereocenters. The van der Waals surface area contributed by atoms with Crippen LogP contribution in [0.1, 0.15) is 19.3 Å². The third-order valence-electron chi connectivity index (χ3n) is 3.83. The lowest BCUT2D eigenvalue weighted by Crippen LogP contribution is -2.38. The van der Waals surface area contributed by atoms with Crippen molar-refractivity contribution in [3.8, 4) is 11.3 Å². The normalized spacial score (nSPS) is 16.2. The van der Waals surface area contributed by atoms with Gasteiger partial charge < -0.3 is 5.11 Å². The van der Waals surface area contributed by atoms with E-state index in [-0.39, 0.29) is 11.3 Å². The van der Waals surface area contributed by atoms with Gasteiger partial charge in [0, 0.05) is 24.3 Å². The van der Waals surface area contributed by atoms with Crippen molar-refractivity contribution in [3.05, 3.63) is 36.5 Å². The van der Waals surface area contributed by atoms with Crippen LogP contribution in [0.25, 0.3) is 11.3 Å². The monoisotopic (exact) mass is 335 g/mol. The molecule has 0 aliphatic heterocycles. The maximum Gasteiger partial charge on any atom is 0.305 e. The van der Waals surface area contributed by atoms with E-state index in [0.717, 1.165) is 0 Å². The number of sulfonamides is 1. The first-order valence-electron chi connectivity index (χ1n) is 7.16. The van der Waals surface area contributed by atoms with Crippen LogP contribution in [0.15, 0.2) is 41.4 Å². The van der Waals surface area contributed by atoms with Crippen LogP contribution in [-0.2, 0) is 21.9 Å². The van der Waals surface area contributed by atoms with Crippen LogP contribution < -0.4 is 4.72 Å². The van der Waals surface area contributed by atoms with Gasteiger partial charge >= 0.3 is 5.97 Å². The number of carboxylic acids is 1. The Morgan fingerprint density at radius 1 is 1.35 bits per heavy atom. The minimum atomic E-state index is -3.86. The van der Waals surface area contributed by atoms with Crippen molar-refractivity contribution in [2.75, 3.05) is 0 Å². The highest BCUT2D eigenvalue weighted by molar-refractivity contribution is 7.89. The molecule has 3 rings (SSSR count). The summed E-state index contributed by atoms with van der Waals surface area (Å²) in [6, 6.07) is 9.02. The van der Waals surface area contributed by atoms with Crippen molar-refractivity contribution in [3.63, 3.8) is 0 Å². The second-order valence-corrected chi connectivity index (χ2v) is 7.49. The maximum absolute atomic E-state index is 12.7. The van der Waals surface area contributed by atoms with E-state index in [0.29, 0.717) is 24.1 Å². The largest absolute Gasteiger partial charge is 0.481 e. The predicted octanol–water partition coefficient (Wildman–Crippen LogP) is 1.37. The van der Waals surface area contributed by atoms with Gasteiger partial charge in [0.2, 0.25) is 10.0 Å². The van der Waals surface area contributed by atoms with Crippen molar-refractivity contribution in [2.24, 2.45) is 7.05 Å². The summed E-state index contributed by atoms with van der Waals surface area (Å²) in [7, 11) is -2.21. The fraction of sp³-hybridized carbons (Fsp3) is 0.333. The van der Waals surface area contributed by atoms with Crippen molar-refractivity contribution in [1.29, 1.82) is 0 Å². The molecule has 8 heteroatoms. The van der Waals surface area contributed by atoms with Crippen LogP contribution in [0.2, 0.25) is 0 Å². The third-order valence-corrected chi connectivity index (χ3v) is 5.41. The molecule has 1 aromatic carbocycles. The molecule has 0 saturated heterocycles. The van der Waals surface area contributed by atoms with E-state index >= 15 is 0 Å². The number of carbonyl (C=O) groups is 1. The van der Waals surface area contributed by atoms with Gasteiger partial charge in [0.1, 0.15) is 10.6 Å². The summed E-state index contributed by atoms with van der Waals surface area (Å²) in [4.78, 5) is 11.0. The molecule has 1 aliphatic carbocycles. The quantitative estimate of drug-likeness (QED) is 0.830. The Morgan fingerprint density at radius 2 is 2.00 bits per heavy atom. The predicted molar refractivity (Wildman–Crippen MR) is 83.2 cm³/mol.